The van der Waals surface area contributed by atoms with Crippen molar-refractivity contribution in [2.24, 2.45) is 10.2 Å². The van der Waals surface area contributed by atoms with Crippen LogP contribution in [-0.4, -0.2) is 59.1 Å². The SMILES string of the molecule is C=CC(=O)OCCN(CCOC(=O)C=C)C(=O)c1cc2ccccc2c(N=Nc2ccccc2[N+](=O)[O-])c1O. The molecule has 12 heteroatoms. The van der Waals surface area contributed by atoms with E-state index in [-0.39, 0.29) is 48.9 Å². The zero-order valence-corrected chi connectivity index (χ0v) is 20.7. The van der Waals surface area contributed by atoms with Crippen molar-refractivity contribution in [3.8, 4) is 5.75 Å². The van der Waals surface area contributed by atoms with Gasteiger partial charge in [-0.3, -0.25) is 14.9 Å². The quantitative estimate of drug-likeness (QED) is 0.115. The number of amides is 1. The van der Waals surface area contributed by atoms with Crippen LogP contribution < -0.4 is 0 Å². The Kier molecular flexibility index (Phi) is 9.57. The first-order valence-corrected chi connectivity index (χ1v) is 11.5. The van der Waals surface area contributed by atoms with Crippen LogP contribution in [0.15, 0.2) is 90.1 Å². The molecule has 1 N–H and O–H groups in total. The molecule has 0 saturated heterocycles. The third kappa shape index (κ3) is 7.10. The highest BCUT2D eigenvalue weighted by Crippen LogP contribution is 2.40. The number of benzene rings is 3. The van der Waals surface area contributed by atoms with Crippen molar-refractivity contribution in [1.29, 1.82) is 0 Å². The summed E-state index contributed by atoms with van der Waals surface area (Å²) in [7, 11) is 0. The van der Waals surface area contributed by atoms with Crippen LogP contribution in [-0.2, 0) is 19.1 Å². The van der Waals surface area contributed by atoms with E-state index in [0.29, 0.717) is 10.8 Å². The summed E-state index contributed by atoms with van der Waals surface area (Å²) >= 11 is 0. The van der Waals surface area contributed by atoms with Gasteiger partial charge in [-0.25, -0.2) is 9.59 Å². The van der Waals surface area contributed by atoms with E-state index in [0.717, 1.165) is 12.2 Å². The second-order valence-electron chi connectivity index (χ2n) is 7.82. The first-order chi connectivity index (χ1) is 18.8. The summed E-state index contributed by atoms with van der Waals surface area (Å²) in [5, 5.41) is 31.5. The Morgan fingerprint density at radius 1 is 0.949 bits per heavy atom. The van der Waals surface area contributed by atoms with Gasteiger partial charge in [0.15, 0.2) is 11.4 Å². The highest BCUT2D eigenvalue weighted by Gasteiger charge is 2.24. The minimum Gasteiger partial charge on any atom is -0.505 e. The molecule has 0 fully saturated rings. The number of carbonyl (C=O) groups excluding carboxylic acids is 3. The number of aromatic hydroxyl groups is 1. The molecule has 1 amide bonds. The summed E-state index contributed by atoms with van der Waals surface area (Å²) in [6, 6.07) is 13.9. The number of rotatable bonds is 12. The number of ether oxygens (including phenoxy) is 2. The summed E-state index contributed by atoms with van der Waals surface area (Å²) in [4.78, 5) is 48.4. The molecule has 0 radical (unpaired) electrons. The lowest BCUT2D eigenvalue weighted by Gasteiger charge is -2.23. The van der Waals surface area contributed by atoms with Gasteiger partial charge < -0.3 is 19.5 Å². The summed E-state index contributed by atoms with van der Waals surface area (Å²) in [6.45, 7) is 6.06. The van der Waals surface area contributed by atoms with Gasteiger partial charge in [0.05, 0.1) is 23.6 Å². The Labute approximate surface area is 222 Å². The number of para-hydroxylation sites is 1. The summed E-state index contributed by atoms with van der Waals surface area (Å²) < 4.78 is 9.95. The summed E-state index contributed by atoms with van der Waals surface area (Å²) in [5.74, 6) is -2.57. The van der Waals surface area contributed by atoms with E-state index in [1.807, 2.05) is 0 Å². The van der Waals surface area contributed by atoms with Gasteiger partial charge in [0.1, 0.15) is 18.9 Å². The zero-order chi connectivity index (χ0) is 28.4. The van der Waals surface area contributed by atoms with Crippen LogP contribution >= 0.6 is 0 Å². The maximum Gasteiger partial charge on any atom is 0.330 e. The van der Waals surface area contributed by atoms with Crippen LogP contribution in [0.5, 0.6) is 5.75 Å². The fourth-order valence-electron chi connectivity index (χ4n) is 3.50. The van der Waals surface area contributed by atoms with Crippen molar-refractivity contribution in [3.63, 3.8) is 0 Å². The smallest absolute Gasteiger partial charge is 0.330 e. The van der Waals surface area contributed by atoms with Crippen LogP contribution in [0.25, 0.3) is 10.8 Å². The number of nitro groups is 1. The molecule has 0 saturated carbocycles. The van der Waals surface area contributed by atoms with Crippen LogP contribution in [0, 0.1) is 10.1 Å². The monoisotopic (exact) mass is 532 g/mol. The van der Waals surface area contributed by atoms with E-state index in [4.69, 9.17) is 9.47 Å². The van der Waals surface area contributed by atoms with Crippen molar-refractivity contribution in [2.45, 2.75) is 0 Å². The van der Waals surface area contributed by atoms with Gasteiger partial charge in [-0.05, 0) is 17.5 Å². The van der Waals surface area contributed by atoms with Crippen LogP contribution in [0.2, 0.25) is 0 Å². The van der Waals surface area contributed by atoms with Gasteiger partial charge in [-0.1, -0.05) is 49.6 Å². The molecule has 0 atom stereocenters. The Balaban J connectivity index is 2.02. The number of hydrogen-bond acceptors (Lipinski definition) is 10. The third-order valence-corrected chi connectivity index (χ3v) is 5.39. The van der Waals surface area contributed by atoms with Crippen molar-refractivity contribution < 1.29 is 33.9 Å². The molecule has 0 spiro atoms. The third-order valence-electron chi connectivity index (χ3n) is 5.39. The van der Waals surface area contributed by atoms with E-state index in [9.17, 15) is 29.6 Å². The van der Waals surface area contributed by atoms with E-state index in [2.05, 4.69) is 23.4 Å². The fraction of sp³-hybridized carbons (Fsp3) is 0.148. The molecule has 0 heterocycles. The molecule has 0 aromatic heterocycles. The zero-order valence-electron chi connectivity index (χ0n) is 20.7. The molecule has 39 heavy (non-hydrogen) atoms. The molecule has 200 valence electrons. The molecule has 0 unspecified atom stereocenters. The van der Waals surface area contributed by atoms with Gasteiger partial charge in [0, 0.05) is 23.6 Å². The second kappa shape index (κ2) is 13.2. The highest BCUT2D eigenvalue weighted by atomic mass is 16.6. The second-order valence-corrected chi connectivity index (χ2v) is 7.82. The number of azo groups is 1. The summed E-state index contributed by atoms with van der Waals surface area (Å²) in [6.07, 6.45) is 1.95. The van der Waals surface area contributed by atoms with E-state index < -0.39 is 28.5 Å². The van der Waals surface area contributed by atoms with Crippen LogP contribution in [0.3, 0.4) is 0 Å². The van der Waals surface area contributed by atoms with Crippen molar-refractivity contribution >= 4 is 45.7 Å². The number of fused-ring (bicyclic) bond motifs is 1. The van der Waals surface area contributed by atoms with Gasteiger partial charge in [-0.2, -0.15) is 0 Å². The van der Waals surface area contributed by atoms with Gasteiger partial charge in [0.25, 0.3) is 11.6 Å². The Bertz CT molecular complexity index is 1440. The molecule has 0 aliphatic rings. The lowest BCUT2D eigenvalue weighted by atomic mass is 10.0. The molecule has 0 bridgehead atoms. The topological polar surface area (TPSA) is 161 Å². The van der Waals surface area contributed by atoms with E-state index in [1.165, 1.54) is 29.2 Å². The first-order valence-electron chi connectivity index (χ1n) is 11.5. The predicted molar refractivity (Wildman–Crippen MR) is 141 cm³/mol. The minimum absolute atomic E-state index is 0.0441. The number of nitro benzene ring substituents is 1. The average molecular weight is 533 g/mol. The van der Waals surface area contributed by atoms with Gasteiger partial charge >= 0.3 is 11.9 Å². The number of nitrogens with zero attached hydrogens (tertiary/aromatic N) is 4. The lowest BCUT2D eigenvalue weighted by molar-refractivity contribution is -0.384. The number of phenolic OH excluding ortho intramolecular Hbond substituents is 1. The van der Waals surface area contributed by atoms with E-state index in [1.54, 1.807) is 30.3 Å². The van der Waals surface area contributed by atoms with Crippen molar-refractivity contribution in [2.75, 3.05) is 26.3 Å². The number of phenols is 1. The molecular weight excluding hydrogens is 508 g/mol. The number of carbonyl (C=O) groups is 3. The maximum atomic E-state index is 13.6. The maximum absolute atomic E-state index is 13.6. The number of esters is 2. The molecule has 12 nitrogen and oxygen atoms in total. The van der Waals surface area contributed by atoms with Crippen LogP contribution in [0.4, 0.5) is 17.1 Å². The highest BCUT2D eigenvalue weighted by molar-refractivity contribution is 6.06. The normalized spacial score (nSPS) is 10.7. The van der Waals surface area contributed by atoms with Crippen LogP contribution in [0.1, 0.15) is 10.4 Å². The Hall–Kier alpha value is -5.39. The summed E-state index contributed by atoms with van der Waals surface area (Å²) in [5.41, 5.74) is -0.565. The Morgan fingerprint density at radius 2 is 1.54 bits per heavy atom. The van der Waals surface area contributed by atoms with Gasteiger partial charge in [0.2, 0.25) is 0 Å². The molecule has 0 aliphatic heterocycles. The first kappa shape index (κ1) is 28.2. The average Bonchev–Trinajstić information content (AvgIpc) is 2.95. The molecule has 3 rings (SSSR count). The van der Waals surface area contributed by atoms with Crippen molar-refractivity contribution in [1.82, 2.24) is 4.90 Å². The predicted octanol–water partition coefficient (Wildman–Crippen LogP) is 4.77. The largest absolute Gasteiger partial charge is 0.505 e. The molecule has 3 aromatic carbocycles. The standard InChI is InChI=1S/C27H24N4O8/c1-3-23(32)38-15-13-30(14-16-39-24(33)4-2)27(35)20-17-18-9-5-6-10-19(18)25(26(20)34)29-28-21-11-7-8-12-22(21)31(36)37/h3-12,17,34H,1-2,13-16H2. The number of hydrogen-bond donors (Lipinski definition) is 1. The Morgan fingerprint density at radius 3 is 2.15 bits per heavy atom. The van der Waals surface area contributed by atoms with Crippen molar-refractivity contribution in [3.05, 3.63) is 95.6 Å². The molecule has 3 aromatic rings. The minimum atomic E-state index is -0.688. The van der Waals surface area contributed by atoms with E-state index >= 15 is 0 Å². The van der Waals surface area contributed by atoms with Gasteiger partial charge in [-0.15, -0.1) is 10.2 Å². The fourth-order valence-corrected chi connectivity index (χ4v) is 3.50. The molecule has 0 aliphatic carbocycles. The lowest BCUT2D eigenvalue weighted by Crippen LogP contribution is -2.37. The molecular formula is C27H24N4O8.